The summed E-state index contributed by atoms with van der Waals surface area (Å²) in [7, 11) is -3.83. The number of rotatable bonds is 0. The number of nitrogens with one attached hydrogen (secondary N) is 2. The average Bonchev–Trinajstić information content (AvgIpc) is 1.56. The van der Waals surface area contributed by atoms with Crippen molar-refractivity contribution in [3.63, 3.8) is 0 Å². The lowest BCUT2D eigenvalue weighted by atomic mass is 10.5. The van der Waals surface area contributed by atoms with Crippen LogP contribution in [0.3, 0.4) is 0 Å². The molecule has 4 nitrogen and oxygen atoms in total. The van der Waals surface area contributed by atoms with E-state index >= 15 is 0 Å². The smallest absolute Gasteiger partial charge is 0.195 e. The first-order valence-corrected chi connectivity index (χ1v) is 3.66. The van der Waals surface area contributed by atoms with Gasteiger partial charge in [0.15, 0.2) is 6.17 Å². The normalized spacial score (nSPS) is 25.9. The highest BCUT2D eigenvalue weighted by Gasteiger charge is 2.50. The second-order valence-corrected chi connectivity index (χ2v) is 3.19. The first-order valence-electron chi connectivity index (χ1n) is 2.17. The molecule has 0 aromatic carbocycles. The number of halogens is 3. The van der Waals surface area contributed by atoms with Crippen LogP contribution in [0, 0.1) is 0 Å². The molecule has 0 aliphatic carbocycles. The minimum absolute atomic E-state index is 1.30. The highest BCUT2D eigenvalue weighted by Crippen LogP contribution is 2.22. The summed E-state index contributed by atoms with van der Waals surface area (Å²) in [5.41, 5.74) is 0. The van der Waals surface area contributed by atoms with Crippen LogP contribution < -0.4 is 9.44 Å². The number of hydrogen-bond acceptors (Lipinski definition) is 2. The molecular formula is C2H3F3N2O2S. The summed E-state index contributed by atoms with van der Waals surface area (Å²) in [5.74, 6) is 0. The summed E-state index contributed by atoms with van der Waals surface area (Å²) in [6.07, 6.45) is -6.66. The van der Waals surface area contributed by atoms with Crippen molar-refractivity contribution in [1.29, 1.82) is 0 Å². The third-order valence-electron chi connectivity index (χ3n) is 0.873. The van der Waals surface area contributed by atoms with Crippen LogP contribution in [0.2, 0.25) is 0 Å². The molecule has 8 heteroatoms. The van der Waals surface area contributed by atoms with E-state index in [1.54, 1.807) is 0 Å². The molecule has 10 heavy (non-hydrogen) atoms. The first-order chi connectivity index (χ1) is 4.31. The van der Waals surface area contributed by atoms with Crippen molar-refractivity contribution in [3.8, 4) is 0 Å². The van der Waals surface area contributed by atoms with Crippen molar-refractivity contribution in [1.82, 2.24) is 9.44 Å². The molecule has 0 atom stereocenters. The molecule has 0 amide bonds. The molecule has 2 N–H and O–H groups in total. The molecule has 1 heterocycles. The molecule has 0 spiro atoms. The standard InChI is InChI=1S/C2H3F3N2O2S/c3-2(4,5)1-6-10(8,9)7-1/h1,6-7H. The lowest BCUT2D eigenvalue weighted by Gasteiger charge is -2.29. The second kappa shape index (κ2) is 1.83. The molecule has 60 valence electrons. The minimum Gasteiger partial charge on any atom is -0.195 e. The Bertz CT molecular complexity index is 219. The van der Waals surface area contributed by atoms with Crippen molar-refractivity contribution in [2.45, 2.75) is 12.3 Å². The van der Waals surface area contributed by atoms with Crippen LogP contribution >= 0.6 is 0 Å². The topological polar surface area (TPSA) is 58.2 Å². The maximum absolute atomic E-state index is 11.5. The zero-order valence-corrected chi connectivity index (χ0v) is 5.25. The second-order valence-electron chi connectivity index (χ2n) is 1.71. The molecule has 1 saturated heterocycles. The van der Waals surface area contributed by atoms with E-state index in [0.29, 0.717) is 0 Å². The Morgan fingerprint density at radius 2 is 1.60 bits per heavy atom. The summed E-state index contributed by atoms with van der Waals surface area (Å²) in [4.78, 5) is 0. The summed E-state index contributed by atoms with van der Waals surface area (Å²) < 4.78 is 57.0. The van der Waals surface area contributed by atoms with E-state index in [2.05, 4.69) is 0 Å². The molecule has 0 unspecified atom stereocenters. The lowest BCUT2D eigenvalue weighted by Crippen LogP contribution is -2.69. The van der Waals surface area contributed by atoms with E-state index < -0.39 is 22.6 Å². The van der Waals surface area contributed by atoms with Crippen LogP contribution in [0.1, 0.15) is 0 Å². The summed E-state index contributed by atoms with van der Waals surface area (Å²) >= 11 is 0. The maximum atomic E-state index is 11.5. The third kappa shape index (κ3) is 1.39. The molecule has 0 radical (unpaired) electrons. The monoisotopic (exact) mass is 176 g/mol. The van der Waals surface area contributed by atoms with Gasteiger partial charge in [-0.15, -0.1) is 0 Å². The Labute approximate surface area is 54.6 Å². The maximum Gasteiger partial charge on any atom is 0.418 e. The van der Waals surface area contributed by atoms with Gasteiger partial charge in [-0.1, -0.05) is 0 Å². The molecule has 0 aromatic rings. The molecule has 1 fully saturated rings. The molecule has 0 saturated carbocycles. The van der Waals surface area contributed by atoms with Crippen LogP contribution in [0.25, 0.3) is 0 Å². The first kappa shape index (κ1) is 7.76. The minimum atomic E-state index is -4.55. The molecule has 1 aliphatic heterocycles. The van der Waals surface area contributed by atoms with Gasteiger partial charge in [0.25, 0.3) is 10.2 Å². The highest BCUT2D eigenvalue weighted by atomic mass is 32.2. The molecule has 1 rings (SSSR count). The van der Waals surface area contributed by atoms with E-state index in [1.165, 1.54) is 9.44 Å². The molecule has 0 bridgehead atoms. The molecular weight excluding hydrogens is 173 g/mol. The van der Waals surface area contributed by atoms with E-state index in [9.17, 15) is 21.6 Å². The third-order valence-corrected chi connectivity index (χ3v) is 1.97. The van der Waals surface area contributed by atoms with Crippen molar-refractivity contribution in [3.05, 3.63) is 0 Å². The predicted octanol–water partition coefficient (Wildman–Crippen LogP) is -0.688. The Balaban J connectivity index is 2.56. The Morgan fingerprint density at radius 1 is 1.20 bits per heavy atom. The fourth-order valence-electron chi connectivity index (χ4n) is 0.444. The van der Waals surface area contributed by atoms with Crippen LogP contribution in [0.5, 0.6) is 0 Å². The summed E-state index contributed by atoms with van der Waals surface area (Å²) in [5, 5.41) is 0. The zero-order chi connectivity index (χ0) is 7.99. The van der Waals surface area contributed by atoms with E-state index in [-0.39, 0.29) is 0 Å². The summed E-state index contributed by atoms with van der Waals surface area (Å²) in [6.45, 7) is 0. The van der Waals surface area contributed by atoms with Gasteiger partial charge in [0.2, 0.25) is 0 Å². The Morgan fingerprint density at radius 3 is 1.70 bits per heavy atom. The van der Waals surface area contributed by atoms with Gasteiger partial charge in [-0.05, 0) is 0 Å². The van der Waals surface area contributed by atoms with Gasteiger partial charge in [-0.3, -0.25) is 0 Å². The zero-order valence-electron chi connectivity index (χ0n) is 4.44. The van der Waals surface area contributed by atoms with Gasteiger partial charge in [-0.2, -0.15) is 31.0 Å². The van der Waals surface area contributed by atoms with Gasteiger partial charge >= 0.3 is 6.18 Å². The fourth-order valence-corrected chi connectivity index (χ4v) is 1.33. The van der Waals surface area contributed by atoms with E-state index in [4.69, 9.17) is 0 Å². The predicted molar refractivity (Wildman–Crippen MR) is 25.0 cm³/mol. The van der Waals surface area contributed by atoms with E-state index in [1.807, 2.05) is 0 Å². The van der Waals surface area contributed by atoms with Crippen LogP contribution in [0.4, 0.5) is 13.2 Å². The number of alkyl halides is 3. The summed E-state index contributed by atoms with van der Waals surface area (Å²) in [6, 6.07) is 0. The van der Waals surface area contributed by atoms with Gasteiger partial charge < -0.3 is 0 Å². The quantitative estimate of drug-likeness (QED) is 0.513. The van der Waals surface area contributed by atoms with Crippen molar-refractivity contribution in [2.24, 2.45) is 0 Å². The Hall–Kier alpha value is -0.340. The SMILES string of the molecule is O=S1(=O)NC(C(F)(F)F)N1. The van der Waals surface area contributed by atoms with Crippen molar-refractivity contribution < 1.29 is 21.6 Å². The average molecular weight is 176 g/mol. The van der Waals surface area contributed by atoms with E-state index in [0.717, 1.165) is 0 Å². The van der Waals surface area contributed by atoms with Gasteiger partial charge in [-0.25, -0.2) is 0 Å². The van der Waals surface area contributed by atoms with Gasteiger partial charge in [0.05, 0.1) is 0 Å². The molecule has 1 aliphatic rings. The van der Waals surface area contributed by atoms with Crippen molar-refractivity contribution in [2.75, 3.05) is 0 Å². The van der Waals surface area contributed by atoms with Crippen molar-refractivity contribution >= 4 is 10.2 Å². The van der Waals surface area contributed by atoms with Crippen LogP contribution in [-0.4, -0.2) is 20.8 Å². The van der Waals surface area contributed by atoms with Crippen LogP contribution in [0.15, 0.2) is 0 Å². The Kier molecular flexibility index (Phi) is 1.42. The molecule has 0 aromatic heterocycles. The van der Waals surface area contributed by atoms with Gasteiger partial charge in [0.1, 0.15) is 0 Å². The van der Waals surface area contributed by atoms with Gasteiger partial charge in [0, 0.05) is 0 Å². The largest absolute Gasteiger partial charge is 0.418 e. The number of hydrogen-bond donors (Lipinski definition) is 2. The van der Waals surface area contributed by atoms with Crippen LogP contribution in [-0.2, 0) is 10.2 Å². The highest BCUT2D eigenvalue weighted by molar-refractivity contribution is 7.88. The fraction of sp³-hybridized carbons (Fsp3) is 1.00. The lowest BCUT2D eigenvalue weighted by molar-refractivity contribution is -0.159.